The van der Waals surface area contributed by atoms with Gasteiger partial charge in [-0.05, 0) is 79.5 Å². The number of aromatic hydroxyl groups is 6. The van der Waals surface area contributed by atoms with Gasteiger partial charge >= 0.3 is 0 Å². The van der Waals surface area contributed by atoms with E-state index in [1.807, 2.05) is 115 Å². The molecule has 0 aliphatic heterocycles. The van der Waals surface area contributed by atoms with Crippen LogP contribution in [0.2, 0.25) is 0 Å². The van der Waals surface area contributed by atoms with Crippen molar-refractivity contribution in [1.82, 2.24) is 9.13 Å². The average Bonchev–Trinajstić information content (AvgIpc) is 3.84. The highest BCUT2D eigenvalue weighted by atomic mass is 16.3. The molecular formula is C48H28B4N2O6. The number of phenolic OH excluding ortho intramolecular Hbond substituents is 6. The lowest BCUT2D eigenvalue weighted by molar-refractivity contribution is 0.373. The Kier molecular flexibility index (Phi) is 8.26. The van der Waals surface area contributed by atoms with Crippen LogP contribution in [0.5, 0.6) is 34.5 Å². The maximum absolute atomic E-state index is 12.4. The van der Waals surface area contributed by atoms with Crippen LogP contribution in [0.15, 0.2) is 133 Å². The van der Waals surface area contributed by atoms with Gasteiger partial charge in [0, 0.05) is 27.5 Å². The van der Waals surface area contributed by atoms with Crippen molar-refractivity contribution in [3.63, 3.8) is 0 Å². The van der Waals surface area contributed by atoms with Gasteiger partial charge in [0.2, 0.25) is 0 Å². The summed E-state index contributed by atoms with van der Waals surface area (Å²) in [4.78, 5) is 0. The maximum atomic E-state index is 12.4. The van der Waals surface area contributed by atoms with E-state index in [1.165, 1.54) is 4.57 Å². The highest BCUT2D eigenvalue weighted by molar-refractivity contribution is 6.54. The van der Waals surface area contributed by atoms with Gasteiger partial charge in [-0.15, -0.1) is 0 Å². The lowest BCUT2D eigenvalue weighted by atomic mass is 9.80. The first kappa shape index (κ1) is 36.7. The Labute approximate surface area is 348 Å². The quantitative estimate of drug-likeness (QED) is 0.0902. The van der Waals surface area contributed by atoms with Crippen molar-refractivity contribution in [2.24, 2.45) is 0 Å². The summed E-state index contributed by atoms with van der Waals surface area (Å²) in [7, 11) is 26.6. The van der Waals surface area contributed by atoms with E-state index in [-0.39, 0.29) is 60.0 Å². The van der Waals surface area contributed by atoms with Crippen LogP contribution >= 0.6 is 0 Å². The van der Waals surface area contributed by atoms with Gasteiger partial charge in [0.15, 0.2) is 17.2 Å². The SMILES string of the molecule is [B]c1c(O)c([B])c2c3c4c5c(O)c(O)c(O)c([B])c5n(-c5ccc(-c6ccccc6)cc5)c4c([B])c(O)c3n(-c3cccc(-c4ccc(-c5ccccc5)cc4)c3)c2c1O. The third-order valence-corrected chi connectivity index (χ3v) is 11.4. The zero-order valence-corrected chi connectivity index (χ0v) is 31.6. The van der Waals surface area contributed by atoms with Gasteiger partial charge in [-0.1, -0.05) is 109 Å². The van der Waals surface area contributed by atoms with Gasteiger partial charge in [0.1, 0.15) is 48.6 Å². The average molecular weight is 772 g/mol. The molecule has 60 heavy (non-hydrogen) atoms. The van der Waals surface area contributed by atoms with E-state index in [0.717, 1.165) is 33.4 Å². The van der Waals surface area contributed by atoms with Crippen LogP contribution in [0.4, 0.5) is 0 Å². The van der Waals surface area contributed by atoms with E-state index in [0.29, 0.717) is 11.4 Å². The minimum absolute atomic E-state index is 0.0140. The Balaban J connectivity index is 1.33. The molecule has 8 nitrogen and oxygen atoms in total. The van der Waals surface area contributed by atoms with Crippen molar-refractivity contribution >= 4 is 96.8 Å². The van der Waals surface area contributed by atoms with Gasteiger partial charge < -0.3 is 39.8 Å². The molecule has 2 heterocycles. The maximum Gasteiger partial charge on any atom is 0.200 e. The van der Waals surface area contributed by atoms with Crippen LogP contribution in [0.3, 0.4) is 0 Å². The predicted octanol–water partition coefficient (Wildman–Crippen LogP) is 6.29. The fourth-order valence-electron chi connectivity index (χ4n) is 8.56. The molecule has 2 aromatic heterocycles. The van der Waals surface area contributed by atoms with E-state index in [2.05, 4.69) is 0 Å². The zero-order chi connectivity index (χ0) is 41.7. The Morgan fingerprint density at radius 1 is 0.283 bits per heavy atom. The summed E-state index contributed by atoms with van der Waals surface area (Å²) >= 11 is 0. The first-order valence-corrected chi connectivity index (χ1v) is 18.9. The summed E-state index contributed by atoms with van der Waals surface area (Å²) in [6.45, 7) is 0. The van der Waals surface area contributed by atoms with Crippen molar-refractivity contribution in [2.75, 3.05) is 0 Å². The van der Waals surface area contributed by atoms with Crippen molar-refractivity contribution in [1.29, 1.82) is 0 Å². The molecule has 278 valence electrons. The minimum atomic E-state index is -0.893. The molecule has 10 aromatic rings. The highest BCUT2D eigenvalue weighted by Gasteiger charge is 2.32. The van der Waals surface area contributed by atoms with Gasteiger partial charge in [-0.3, -0.25) is 0 Å². The minimum Gasteiger partial charge on any atom is -0.509 e. The number of benzene rings is 8. The van der Waals surface area contributed by atoms with Gasteiger partial charge in [0.05, 0.1) is 27.5 Å². The topological polar surface area (TPSA) is 131 Å². The number of fused-ring (bicyclic) bond motifs is 7. The largest absolute Gasteiger partial charge is 0.509 e. The normalized spacial score (nSPS) is 11.7. The molecule has 0 spiro atoms. The smallest absolute Gasteiger partial charge is 0.200 e. The van der Waals surface area contributed by atoms with Crippen molar-refractivity contribution < 1.29 is 30.6 Å². The fourth-order valence-corrected chi connectivity index (χ4v) is 8.56. The molecule has 10 rings (SSSR count). The summed E-state index contributed by atoms with van der Waals surface area (Å²) in [5, 5.41) is 69.7. The number of hydrogen-bond acceptors (Lipinski definition) is 6. The van der Waals surface area contributed by atoms with Crippen LogP contribution in [0.25, 0.3) is 88.4 Å². The van der Waals surface area contributed by atoms with Crippen molar-refractivity contribution in [3.05, 3.63) is 133 Å². The summed E-state index contributed by atoms with van der Waals surface area (Å²) in [5.74, 6) is -4.00. The molecule has 0 amide bonds. The Hall–Kier alpha value is -7.58. The molecule has 0 saturated heterocycles. The number of aromatic nitrogens is 2. The molecule has 12 heteroatoms. The van der Waals surface area contributed by atoms with Crippen LogP contribution in [0.1, 0.15) is 0 Å². The molecule has 0 aliphatic carbocycles. The highest BCUT2D eigenvalue weighted by Crippen LogP contribution is 2.51. The Morgan fingerprint density at radius 3 is 1.32 bits per heavy atom. The number of hydrogen-bond donors (Lipinski definition) is 6. The predicted molar refractivity (Wildman–Crippen MR) is 243 cm³/mol. The molecule has 0 bridgehead atoms. The van der Waals surface area contributed by atoms with Gasteiger partial charge in [-0.25, -0.2) is 0 Å². The lowest BCUT2D eigenvalue weighted by Crippen LogP contribution is -2.17. The molecular weight excluding hydrogens is 744 g/mol. The molecule has 0 unspecified atom stereocenters. The van der Waals surface area contributed by atoms with Gasteiger partial charge in [0.25, 0.3) is 0 Å². The molecule has 0 atom stereocenters. The second-order valence-corrected chi connectivity index (χ2v) is 14.7. The number of rotatable bonds is 5. The van der Waals surface area contributed by atoms with Gasteiger partial charge in [-0.2, -0.15) is 0 Å². The molecule has 0 saturated carbocycles. The summed E-state index contributed by atoms with van der Waals surface area (Å²) < 4.78 is 3.11. The first-order chi connectivity index (χ1) is 29.0. The van der Waals surface area contributed by atoms with E-state index in [1.54, 1.807) is 22.8 Å². The third-order valence-electron chi connectivity index (χ3n) is 11.4. The summed E-state index contributed by atoms with van der Waals surface area (Å²) in [5.41, 5.74) is 5.62. The molecule has 0 aliphatic rings. The van der Waals surface area contributed by atoms with E-state index < -0.39 is 40.0 Å². The number of phenols is 6. The first-order valence-electron chi connectivity index (χ1n) is 18.9. The molecule has 0 fully saturated rings. The second-order valence-electron chi connectivity index (χ2n) is 14.7. The summed E-state index contributed by atoms with van der Waals surface area (Å²) in [6.07, 6.45) is 0. The molecule has 8 aromatic carbocycles. The fraction of sp³-hybridized carbons (Fsp3) is 0. The monoisotopic (exact) mass is 772 g/mol. The van der Waals surface area contributed by atoms with Crippen LogP contribution in [0, 0.1) is 0 Å². The Bertz CT molecular complexity index is 3400. The van der Waals surface area contributed by atoms with Crippen LogP contribution < -0.4 is 21.9 Å². The molecule has 6 N–H and O–H groups in total. The zero-order valence-electron chi connectivity index (χ0n) is 31.6. The summed E-state index contributed by atoms with van der Waals surface area (Å²) in [6, 6.07) is 42.4. The van der Waals surface area contributed by atoms with Crippen molar-refractivity contribution in [3.8, 4) is 79.3 Å². The van der Waals surface area contributed by atoms with E-state index in [9.17, 15) is 30.6 Å². The van der Waals surface area contributed by atoms with Crippen LogP contribution in [-0.4, -0.2) is 71.2 Å². The Morgan fingerprint density at radius 2 is 0.717 bits per heavy atom. The van der Waals surface area contributed by atoms with Crippen LogP contribution in [-0.2, 0) is 0 Å². The number of nitrogens with zero attached hydrogens (tertiary/aromatic N) is 2. The second kappa shape index (κ2) is 13.5. The third kappa shape index (κ3) is 5.16. The van der Waals surface area contributed by atoms with E-state index >= 15 is 0 Å². The van der Waals surface area contributed by atoms with Crippen molar-refractivity contribution in [2.45, 2.75) is 0 Å². The molecule has 8 radical (unpaired) electrons. The van der Waals surface area contributed by atoms with E-state index in [4.69, 9.17) is 31.4 Å². The lowest BCUT2D eigenvalue weighted by Gasteiger charge is -2.16. The standard InChI is InChI=1S/C48H28B4N2O6/c49-35-33-31-32-34-40(37(51)47(59)48(60)43(34)55)53(29-20-18-26(19-21-29)24-10-5-2-6-11-24)39(32)36(50)45(57)41(31)54(42(33)46(58)38(52)44(35)56)30-13-7-12-28(22-30)27-16-14-25(15-17-27)23-8-3-1-4-9-23/h1-22,55-60H.